The highest BCUT2D eigenvalue weighted by Gasteiger charge is 2.32. The maximum Gasteiger partial charge on any atom is 0.433 e. The zero-order chi connectivity index (χ0) is 20.5. The number of aromatic nitrogens is 3. The third kappa shape index (κ3) is 4.03. The number of nitrogens with one attached hydrogen (secondary N) is 1. The van der Waals surface area contributed by atoms with Crippen molar-refractivity contribution in [1.29, 1.82) is 0 Å². The summed E-state index contributed by atoms with van der Waals surface area (Å²) in [6.07, 6.45) is -2.09. The van der Waals surface area contributed by atoms with Gasteiger partial charge in [-0.2, -0.15) is 18.3 Å². The average molecular weight is 392 g/mol. The lowest BCUT2D eigenvalue weighted by molar-refractivity contribution is -0.141. The van der Waals surface area contributed by atoms with E-state index >= 15 is 0 Å². The van der Waals surface area contributed by atoms with Gasteiger partial charge in [-0.05, 0) is 50.2 Å². The summed E-state index contributed by atoms with van der Waals surface area (Å²) < 4.78 is 52.4. The Bertz CT molecular complexity index is 979. The number of nitrogens with zero attached hydrogens (tertiary/aromatic N) is 3. The van der Waals surface area contributed by atoms with Crippen LogP contribution in [0.2, 0.25) is 0 Å². The van der Waals surface area contributed by atoms with E-state index in [9.17, 15) is 22.4 Å². The molecule has 2 aromatic heterocycles. The molecule has 0 saturated heterocycles. The molecule has 1 atom stereocenters. The van der Waals surface area contributed by atoms with Crippen molar-refractivity contribution in [2.45, 2.75) is 26.1 Å². The number of alkyl halides is 3. The standard InChI is InChI=1S/C19H16F4N4O/c1-11(26-18(28)13-3-8-17(24-9-13)19(21,22)23)16-10-25-27(12(16)2)15-6-4-14(20)5-7-15/h3-11H,1-2H3,(H,26,28). The van der Waals surface area contributed by atoms with Gasteiger partial charge in [0.1, 0.15) is 11.5 Å². The van der Waals surface area contributed by atoms with Gasteiger partial charge in [0.2, 0.25) is 0 Å². The van der Waals surface area contributed by atoms with E-state index in [0.29, 0.717) is 5.69 Å². The Morgan fingerprint density at radius 1 is 1.11 bits per heavy atom. The molecule has 0 radical (unpaired) electrons. The Labute approximate surface area is 158 Å². The van der Waals surface area contributed by atoms with E-state index in [4.69, 9.17) is 0 Å². The fourth-order valence-corrected chi connectivity index (χ4v) is 2.74. The molecule has 0 aliphatic carbocycles. The van der Waals surface area contributed by atoms with Crippen LogP contribution in [0.3, 0.4) is 0 Å². The SMILES string of the molecule is Cc1c(C(C)NC(=O)c2ccc(C(F)(F)F)nc2)cnn1-c1ccc(F)cc1. The van der Waals surface area contributed by atoms with Gasteiger partial charge < -0.3 is 5.32 Å². The molecule has 1 N–H and O–H groups in total. The second kappa shape index (κ2) is 7.41. The van der Waals surface area contributed by atoms with Crippen LogP contribution in [0.25, 0.3) is 5.69 Å². The van der Waals surface area contributed by atoms with Crippen LogP contribution >= 0.6 is 0 Å². The highest BCUT2D eigenvalue weighted by Crippen LogP contribution is 2.27. The van der Waals surface area contributed by atoms with Crippen LogP contribution < -0.4 is 5.32 Å². The molecule has 1 unspecified atom stereocenters. The van der Waals surface area contributed by atoms with Crippen LogP contribution in [0.5, 0.6) is 0 Å². The van der Waals surface area contributed by atoms with E-state index in [-0.39, 0.29) is 11.4 Å². The molecular weight excluding hydrogens is 376 g/mol. The lowest BCUT2D eigenvalue weighted by Gasteiger charge is -2.14. The molecule has 5 nitrogen and oxygen atoms in total. The number of halogens is 4. The first-order valence-electron chi connectivity index (χ1n) is 8.31. The van der Waals surface area contributed by atoms with Gasteiger partial charge in [0.25, 0.3) is 5.91 Å². The second-order valence-corrected chi connectivity index (χ2v) is 6.20. The maximum absolute atomic E-state index is 13.1. The van der Waals surface area contributed by atoms with Gasteiger partial charge in [-0.3, -0.25) is 9.78 Å². The smallest absolute Gasteiger partial charge is 0.345 e. The molecule has 28 heavy (non-hydrogen) atoms. The molecule has 3 aromatic rings. The van der Waals surface area contributed by atoms with Crippen molar-refractivity contribution in [3.8, 4) is 5.69 Å². The zero-order valence-electron chi connectivity index (χ0n) is 15.0. The summed E-state index contributed by atoms with van der Waals surface area (Å²) in [6, 6.07) is 7.18. The Hall–Kier alpha value is -3.23. The number of benzene rings is 1. The van der Waals surface area contributed by atoms with Crippen molar-refractivity contribution in [3.05, 3.63) is 77.1 Å². The first-order chi connectivity index (χ1) is 13.2. The van der Waals surface area contributed by atoms with Gasteiger partial charge in [-0.15, -0.1) is 0 Å². The number of pyridine rings is 1. The summed E-state index contributed by atoms with van der Waals surface area (Å²) in [7, 11) is 0. The van der Waals surface area contributed by atoms with Gasteiger partial charge in [-0.1, -0.05) is 0 Å². The normalized spacial score (nSPS) is 12.6. The zero-order valence-corrected chi connectivity index (χ0v) is 15.0. The van der Waals surface area contributed by atoms with E-state index in [1.807, 2.05) is 0 Å². The van der Waals surface area contributed by atoms with Crippen LogP contribution in [-0.4, -0.2) is 20.7 Å². The number of carbonyl (C=O) groups is 1. The molecule has 146 valence electrons. The van der Waals surface area contributed by atoms with Crippen molar-refractivity contribution in [2.75, 3.05) is 0 Å². The molecule has 0 aliphatic rings. The summed E-state index contributed by atoms with van der Waals surface area (Å²) in [5.74, 6) is -0.915. The molecule has 0 saturated carbocycles. The lowest BCUT2D eigenvalue weighted by Crippen LogP contribution is -2.27. The quantitative estimate of drug-likeness (QED) is 0.676. The predicted molar refractivity (Wildman–Crippen MR) is 93.4 cm³/mol. The Morgan fingerprint density at radius 3 is 2.36 bits per heavy atom. The van der Waals surface area contributed by atoms with Gasteiger partial charge in [-0.25, -0.2) is 9.07 Å². The van der Waals surface area contributed by atoms with Crippen LogP contribution in [0.4, 0.5) is 17.6 Å². The van der Waals surface area contributed by atoms with E-state index in [1.165, 1.54) is 12.1 Å². The molecule has 1 aromatic carbocycles. The van der Waals surface area contributed by atoms with Crippen molar-refractivity contribution in [1.82, 2.24) is 20.1 Å². The highest BCUT2D eigenvalue weighted by atomic mass is 19.4. The fourth-order valence-electron chi connectivity index (χ4n) is 2.74. The average Bonchev–Trinajstić information content (AvgIpc) is 3.03. The topological polar surface area (TPSA) is 59.8 Å². The Morgan fingerprint density at radius 2 is 1.79 bits per heavy atom. The van der Waals surface area contributed by atoms with Crippen LogP contribution in [0.15, 0.2) is 48.8 Å². The molecule has 1 amide bonds. The number of hydrogen-bond acceptors (Lipinski definition) is 3. The van der Waals surface area contributed by atoms with Crippen LogP contribution in [-0.2, 0) is 6.18 Å². The van der Waals surface area contributed by atoms with Gasteiger partial charge in [0, 0.05) is 17.5 Å². The molecule has 2 heterocycles. The number of amides is 1. The van der Waals surface area contributed by atoms with E-state index in [2.05, 4.69) is 15.4 Å². The predicted octanol–water partition coefficient (Wildman–Crippen LogP) is 4.22. The molecular formula is C19H16F4N4O. The molecule has 0 fully saturated rings. The summed E-state index contributed by atoms with van der Waals surface area (Å²) in [4.78, 5) is 15.6. The van der Waals surface area contributed by atoms with E-state index in [1.54, 1.807) is 36.9 Å². The van der Waals surface area contributed by atoms with Gasteiger partial charge in [0.15, 0.2) is 0 Å². The van der Waals surface area contributed by atoms with Crippen LogP contribution in [0.1, 0.15) is 40.3 Å². The molecule has 0 bridgehead atoms. The van der Waals surface area contributed by atoms with Crippen molar-refractivity contribution >= 4 is 5.91 Å². The van der Waals surface area contributed by atoms with Gasteiger partial charge in [0.05, 0.1) is 23.5 Å². The maximum atomic E-state index is 13.1. The Balaban J connectivity index is 1.75. The third-order valence-electron chi connectivity index (χ3n) is 4.25. The minimum absolute atomic E-state index is 0.0171. The lowest BCUT2D eigenvalue weighted by atomic mass is 10.1. The fraction of sp³-hybridized carbons (Fsp3) is 0.211. The summed E-state index contributed by atoms with van der Waals surface area (Å²) in [6.45, 7) is 3.53. The number of carbonyl (C=O) groups excluding carboxylic acids is 1. The monoisotopic (exact) mass is 392 g/mol. The minimum atomic E-state index is -4.56. The van der Waals surface area contributed by atoms with Crippen molar-refractivity contribution < 1.29 is 22.4 Å². The Kier molecular flexibility index (Phi) is 5.17. The number of rotatable bonds is 4. The second-order valence-electron chi connectivity index (χ2n) is 6.20. The molecule has 3 rings (SSSR count). The summed E-state index contributed by atoms with van der Waals surface area (Å²) >= 11 is 0. The van der Waals surface area contributed by atoms with Crippen molar-refractivity contribution in [2.24, 2.45) is 0 Å². The highest BCUT2D eigenvalue weighted by molar-refractivity contribution is 5.94. The van der Waals surface area contributed by atoms with E-state index < -0.39 is 23.8 Å². The minimum Gasteiger partial charge on any atom is -0.345 e. The van der Waals surface area contributed by atoms with Gasteiger partial charge >= 0.3 is 6.18 Å². The largest absolute Gasteiger partial charge is 0.433 e. The molecule has 9 heteroatoms. The first kappa shape index (κ1) is 19.5. The third-order valence-corrected chi connectivity index (χ3v) is 4.25. The molecule has 0 aliphatic heterocycles. The first-order valence-corrected chi connectivity index (χ1v) is 8.31. The van der Waals surface area contributed by atoms with Crippen molar-refractivity contribution in [3.63, 3.8) is 0 Å². The summed E-state index contributed by atoms with van der Waals surface area (Å²) in [5, 5.41) is 6.97. The summed E-state index contributed by atoms with van der Waals surface area (Å²) in [5.41, 5.74) is 1.08. The number of hydrogen-bond donors (Lipinski definition) is 1. The molecule has 0 spiro atoms. The van der Waals surface area contributed by atoms with E-state index in [0.717, 1.165) is 29.6 Å². The van der Waals surface area contributed by atoms with Crippen LogP contribution in [0, 0.1) is 12.7 Å².